The van der Waals surface area contributed by atoms with Gasteiger partial charge in [-0.05, 0) is 91.2 Å². The molecule has 4 rings (SSSR count). The molecule has 0 spiro atoms. The molecular formula is C24H30O2. The van der Waals surface area contributed by atoms with E-state index in [9.17, 15) is 10.2 Å². The fourth-order valence-electron chi connectivity index (χ4n) is 5.07. The molecule has 0 unspecified atom stereocenters. The summed E-state index contributed by atoms with van der Waals surface area (Å²) >= 11 is 0. The minimum atomic E-state index is 0.349. The highest BCUT2D eigenvalue weighted by molar-refractivity contribution is 5.40. The molecule has 2 aromatic rings. The molecule has 2 N–H and O–H groups in total. The SMILES string of the molecule is Oc1ccc(C2CCC(c3ccc(O)c(C4CCCCC4)c3)CC2)cc1. The van der Waals surface area contributed by atoms with Crippen molar-refractivity contribution in [2.75, 3.05) is 0 Å². The summed E-state index contributed by atoms with van der Waals surface area (Å²) in [5.41, 5.74) is 3.98. The van der Waals surface area contributed by atoms with Gasteiger partial charge in [0.15, 0.2) is 0 Å². The highest BCUT2D eigenvalue weighted by atomic mass is 16.3. The summed E-state index contributed by atoms with van der Waals surface area (Å²) in [6, 6.07) is 14.1. The fraction of sp³-hybridized carbons (Fsp3) is 0.500. The summed E-state index contributed by atoms with van der Waals surface area (Å²) in [4.78, 5) is 0. The van der Waals surface area contributed by atoms with Gasteiger partial charge in [0.05, 0.1) is 0 Å². The lowest BCUT2D eigenvalue weighted by atomic mass is 9.75. The van der Waals surface area contributed by atoms with Gasteiger partial charge in [-0.25, -0.2) is 0 Å². The maximum absolute atomic E-state index is 10.4. The van der Waals surface area contributed by atoms with Crippen LogP contribution in [-0.4, -0.2) is 10.2 Å². The Bertz CT molecular complexity index is 720. The quantitative estimate of drug-likeness (QED) is 0.656. The topological polar surface area (TPSA) is 40.5 Å². The normalized spacial score (nSPS) is 24.5. The van der Waals surface area contributed by atoms with Crippen LogP contribution in [0, 0.1) is 0 Å². The molecular weight excluding hydrogens is 320 g/mol. The highest BCUT2D eigenvalue weighted by Crippen LogP contribution is 2.43. The zero-order valence-corrected chi connectivity index (χ0v) is 15.5. The summed E-state index contributed by atoms with van der Waals surface area (Å²) in [7, 11) is 0. The van der Waals surface area contributed by atoms with Gasteiger partial charge in [0.1, 0.15) is 11.5 Å². The van der Waals surface area contributed by atoms with E-state index in [0.717, 1.165) is 0 Å². The molecule has 0 amide bonds. The van der Waals surface area contributed by atoms with Gasteiger partial charge in [-0.2, -0.15) is 0 Å². The zero-order chi connectivity index (χ0) is 17.9. The third-order valence-corrected chi connectivity index (χ3v) is 6.66. The van der Waals surface area contributed by atoms with E-state index >= 15 is 0 Å². The van der Waals surface area contributed by atoms with Crippen molar-refractivity contribution in [3.8, 4) is 11.5 Å². The van der Waals surface area contributed by atoms with Crippen molar-refractivity contribution < 1.29 is 10.2 Å². The van der Waals surface area contributed by atoms with E-state index in [1.165, 1.54) is 74.5 Å². The maximum Gasteiger partial charge on any atom is 0.119 e. The number of rotatable bonds is 3. The van der Waals surface area contributed by atoms with Crippen molar-refractivity contribution in [3.63, 3.8) is 0 Å². The molecule has 2 fully saturated rings. The number of hydrogen-bond donors (Lipinski definition) is 2. The summed E-state index contributed by atoms with van der Waals surface area (Å²) in [6.45, 7) is 0. The Labute approximate surface area is 156 Å². The predicted octanol–water partition coefficient (Wildman–Crippen LogP) is 6.59. The number of hydrogen-bond acceptors (Lipinski definition) is 2. The van der Waals surface area contributed by atoms with E-state index in [1.54, 1.807) is 12.1 Å². The van der Waals surface area contributed by atoms with Crippen molar-refractivity contribution in [2.45, 2.75) is 75.5 Å². The molecule has 0 bridgehead atoms. The molecule has 0 atom stereocenters. The number of phenols is 2. The second-order valence-corrected chi connectivity index (χ2v) is 8.29. The van der Waals surface area contributed by atoms with Crippen LogP contribution in [0.4, 0.5) is 0 Å². The molecule has 0 radical (unpaired) electrons. The Hall–Kier alpha value is -1.96. The van der Waals surface area contributed by atoms with Crippen molar-refractivity contribution in [1.82, 2.24) is 0 Å². The molecule has 0 heterocycles. The van der Waals surface area contributed by atoms with E-state index in [4.69, 9.17) is 0 Å². The first kappa shape index (κ1) is 17.5. The fourth-order valence-corrected chi connectivity index (χ4v) is 5.07. The summed E-state index contributed by atoms with van der Waals surface area (Å²) in [5.74, 6) is 2.63. The van der Waals surface area contributed by atoms with Crippen molar-refractivity contribution in [3.05, 3.63) is 59.2 Å². The van der Waals surface area contributed by atoms with Gasteiger partial charge in [-0.3, -0.25) is 0 Å². The Morgan fingerprint density at radius 2 is 1.15 bits per heavy atom. The first-order valence-electron chi connectivity index (χ1n) is 10.3. The van der Waals surface area contributed by atoms with Gasteiger partial charge in [0.25, 0.3) is 0 Å². The van der Waals surface area contributed by atoms with Gasteiger partial charge in [-0.15, -0.1) is 0 Å². The molecule has 138 valence electrons. The van der Waals surface area contributed by atoms with Crippen LogP contribution in [0.25, 0.3) is 0 Å². The summed E-state index contributed by atoms with van der Waals surface area (Å²) < 4.78 is 0. The van der Waals surface area contributed by atoms with E-state index in [-0.39, 0.29) is 0 Å². The van der Waals surface area contributed by atoms with Gasteiger partial charge in [-0.1, -0.05) is 43.5 Å². The summed E-state index contributed by atoms with van der Waals surface area (Å²) in [6.07, 6.45) is 11.2. The molecule has 26 heavy (non-hydrogen) atoms. The Morgan fingerprint density at radius 3 is 1.81 bits per heavy atom. The van der Waals surface area contributed by atoms with Gasteiger partial charge < -0.3 is 10.2 Å². The van der Waals surface area contributed by atoms with Crippen LogP contribution in [-0.2, 0) is 0 Å². The third kappa shape index (κ3) is 3.75. The Balaban J connectivity index is 1.44. The molecule has 2 aromatic carbocycles. The average Bonchev–Trinajstić information content (AvgIpc) is 2.70. The largest absolute Gasteiger partial charge is 0.508 e. The van der Waals surface area contributed by atoms with E-state index in [0.29, 0.717) is 29.3 Å². The second kappa shape index (κ2) is 7.73. The lowest BCUT2D eigenvalue weighted by Gasteiger charge is -2.30. The lowest BCUT2D eigenvalue weighted by Crippen LogP contribution is -2.13. The molecule has 0 aromatic heterocycles. The Kier molecular flexibility index (Phi) is 5.19. The van der Waals surface area contributed by atoms with E-state index < -0.39 is 0 Å². The minimum absolute atomic E-state index is 0.349. The van der Waals surface area contributed by atoms with Gasteiger partial charge >= 0.3 is 0 Å². The predicted molar refractivity (Wildman–Crippen MR) is 106 cm³/mol. The first-order valence-corrected chi connectivity index (χ1v) is 10.3. The van der Waals surface area contributed by atoms with Crippen LogP contribution in [0.5, 0.6) is 11.5 Å². The van der Waals surface area contributed by atoms with Crippen LogP contribution in [0.3, 0.4) is 0 Å². The van der Waals surface area contributed by atoms with E-state index in [2.05, 4.69) is 24.3 Å². The molecule has 2 heteroatoms. The maximum atomic E-state index is 10.4. The van der Waals surface area contributed by atoms with E-state index in [1.807, 2.05) is 6.07 Å². The van der Waals surface area contributed by atoms with Crippen LogP contribution >= 0.6 is 0 Å². The monoisotopic (exact) mass is 350 g/mol. The molecule has 0 aliphatic heterocycles. The van der Waals surface area contributed by atoms with Crippen LogP contribution < -0.4 is 0 Å². The number of aromatic hydroxyl groups is 2. The lowest BCUT2D eigenvalue weighted by molar-refractivity contribution is 0.392. The standard InChI is InChI=1S/C24H30O2/c25-22-13-10-18(11-14-22)17-6-8-19(9-7-17)21-12-15-24(26)23(16-21)20-4-2-1-3-5-20/h10-17,19-20,25-26H,1-9H2. The van der Waals surface area contributed by atoms with Crippen LogP contribution in [0.2, 0.25) is 0 Å². The molecule has 2 aliphatic rings. The average molecular weight is 351 g/mol. The van der Waals surface area contributed by atoms with Crippen LogP contribution in [0.15, 0.2) is 42.5 Å². The van der Waals surface area contributed by atoms with Crippen LogP contribution in [0.1, 0.15) is 92.2 Å². The number of phenolic OH excluding ortho intramolecular Hbond substituents is 2. The highest BCUT2D eigenvalue weighted by Gasteiger charge is 2.25. The second-order valence-electron chi connectivity index (χ2n) is 8.29. The zero-order valence-electron chi connectivity index (χ0n) is 15.5. The molecule has 2 aliphatic carbocycles. The van der Waals surface area contributed by atoms with Crippen molar-refractivity contribution in [1.29, 1.82) is 0 Å². The molecule has 0 saturated heterocycles. The molecule has 2 saturated carbocycles. The molecule has 2 nitrogen and oxygen atoms in total. The van der Waals surface area contributed by atoms with Gasteiger partial charge in [0, 0.05) is 0 Å². The Morgan fingerprint density at radius 1 is 0.577 bits per heavy atom. The summed E-state index contributed by atoms with van der Waals surface area (Å²) in [5, 5.41) is 19.9. The minimum Gasteiger partial charge on any atom is -0.508 e. The number of benzene rings is 2. The van der Waals surface area contributed by atoms with Crippen molar-refractivity contribution in [2.24, 2.45) is 0 Å². The van der Waals surface area contributed by atoms with Crippen molar-refractivity contribution >= 4 is 0 Å². The third-order valence-electron chi connectivity index (χ3n) is 6.66. The smallest absolute Gasteiger partial charge is 0.119 e. The first-order chi connectivity index (χ1) is 12.7. The van der Waals surface area contributed by atoms with Gasteiger partial charge in [0.2, 0.25) is 0 Å².